The zero-order chi connectivity index (χ0) is 18.8. The molecular weight excluding hydrogens is 362 g/mol. The lowest BCUT2D eigenvalue weighted by molar-refractivity contribution is -0.115. The lowest BCUT2D eigenvalue weighted by Crippen LogP contribution is -2.25. The molecule has 2 heterocycles. The SMILES string of the molecule is NC(=O)c1cccc(CN=C2NN=C(c3ccc4c(c3)NC(=O)C4)CS2)c1. The molecule has 2 amide bonds. The van der Waals surface area contributed by atoms with E-state index in [1.54, 1.807) is 30.0 Å². The van der Waals surface area contributed by atoms with Gasteiger partial charge in [0.15, 0.2) is 5.17 Å². The molecule has 2 aromatic carbocycles. The zero-order valence-corrected chi connectivity index (χ0v) is 15.2. The third-order valence-corrected chi connectivity index (χ3v) is 5.23. The van der Waals surface area contributed by atoms with E-state index >= 15 is 0 Å². The van der Waals surface area contributed by atoms with Gasteiger partial charge in [-0.25, -0.2) is 0 Å². The molecule has 0 spiro atoms. The fraction of sp³-hybridized carbons (Fsp3) is 0.158. The van der Waals surface area contributed by atoms with E-state index in [4.69, 9.17) is 5.73 Å². The average Bonchev–Trinajstić information content (AvgIpc) is 3.06. The Bertz CT molecular complexity index is 999. The second kappa shape index (κ2) is 7.24. The quantitative estimate of drug-likeness (QED) is 0.753. The van der Waals surface area contributed by atoms with Crippen molar-refractivity contribution in [3.63, 3.8) is 0 Å². The highest BCUT2D eigenvalue weighted by molar-refractivity contribution is 8.14. The van der Waals surface area contributed by atoms with Crippen LogP contribution in [0.4, 0.5) is 5.69 Å². The van der Waals surface area contributed by atoms with Gasteiger partial charge in [0.05, 0.1) is 18.7 Å². The topological polar surface area (TPSA) is 109 Å². The number of thioether (sulfide) groups is 1. The first-order chi connectivity index (χ1) is 13.1. The molecule has 27 heavy (non-hydrogen) atoms. The predicted molar refractivity (Wildman–Crippen MR) is 107 cm³/mol. The maximum atomic E-state index is 11.5. The van der Waals surface area contributed by atoms with E-state index in [0.29, 0.717) is 24.3 Å². The Kier molecular flexibility index (Phi) is 4.64. The molecule has 7 nitrogen and oxygen atoms in total. The number of benzene rings is 2. The smallest absolute Gasteiger partial charge is 0.248 e. The number of fused-ring (bicyclic) bond motifs is 1. The monoisotopic (exact) mass is 379 g/mol. The second-order valence-corrected chi connectivity index (χ2v) is 7.21. The molecule has 4 N–H and O–H groups in total. The number of amidine groups is 1. The molecule has 0 atom stereocenters. The molecule has 0 saturated carbocycles. The van der Waals surface area contributed by atoms with E-state index in [9.17, 15) is 9.59 Å². The molecule has 136 valence electrons. The van der Waals surface area contributed by atoms with E-state index in [-0.39, 0.29) is 5.91 Å². The number of nitrogens with zero attached hydrogens (tertiary/aromatic N) is 2. The molecule has 0 fully saturated rings. The van der Waals surface area contributed by atoms with Crippen LogP contribution in [0.2, 0.25) is 0 Å². The predicted octanol–water partition coefficient (Wildman–Crippen LogP) is 1.88. The van der Waals surface area contributed by atoms with Crippen molar-refractivity contribution in [2.75, 3.05) is 11.1 Å². The van der Waals surface area contributed by atoms with Crippen LogP contribution in [-0.2, 0) is 17.8 Å². The first-order valence-corrected chi connectivity index (χ1v) is 9.39. The van der Waals surface area contributed by atoms with Crippen molar-refractivity contribution < 1.29 is 9.59 Å². The summed E-state index contributed by atoms with van der Waals surface area (Å²) >= 11 is 1.56. The standard InChI is InChI=1S/C19H17N5O2S/c20-18(26)14-3-1-2-11(6-14)9-21-19-24-23-16(10-27-19)12-4-5-13-8-17(25)22-15(13)7-12/h1-7H,8-10H2,(H2,20,26)(H,21,24)(H,22,25). The van der Waals surface area contributed by atoms with Crippen LogP contribution in [0, 0.1) is 0 Å². The van der Waals surface area contributed by atoms with Gasteiger partial charge in [-0.15, -0.1) is 0 Å². The van der Waals surface area contributed by atoms with E-state index in [0.717, 1.165) is 33.3 Å². The number of aliphatic imine (C=N–C) groups is 1. The van der Waals surface area contributed by atoms with Crippen LogP contribution in [0.15, 0.2) is 52.6 Å². The van der Waals surface area contributed by atoms with Crippen LogP contribution in [0.5, 0.6) is 0 Å². The first-order valence-electron chi connectivity index (χ1n) is 8.40. The number of hydrogen-bond donors (Lipinski definition) is 3. The number of carbonyl (C=O) groups is 2. The number of hydrogen-bond acceptors (Lipinski definition) is 5. The van der Waals surface area contributed by atoms with Crippen LogP contribution in [0.3, 0.4) is 0 Å². The van der Waals surface area contributed by atoms with Crippen LogP contribution in [0.1, 0.15) is 27.0 Å². The summed E-state index contributed by atoms with van der Waals surface area (Å²) in [4.78, 5) is 27.2. The number of anilines is 1. The molecule has 0 aliphatic carbocycles. The van der Waals surface area contributed by atoms with Gasteiger partial charge in [-0.05, 0) is 29.3 Å². The van der Waals surface area contributed by atoms with Crippen molar-refractivity contribution >= 4 is 40.1 Å². The Morgan fingerprint density at radius 1 is 1.26 bits per heavy atom. The molecule has 0 saturated heterocycles. The Morgan fingerprint density at radius 3 is 2.93 bits per heavy atom. The van der Waals surface area contributed by atoms with Gasteiger partial charge < -0.3 is 11.1 Å². The van der Waals surface area contributed by atoms with Crippen molar-refractivity contribution in [3.05, 3.63) is 64.7 Å². The summed E-state index contributed by atoms with van der Waals surface area (Å²) in [6, 6.07) is 13.0. The van der Waals surface area contributed by atoms with Crippen molar-refractivity contribution in [3.8, 4) is 0 Å². The Morgan fingerprint density at radius 2 is 2.15 bits per heavy atom. The number of rotatable bonds is 4. The highest BCUT2D eigenvalue weighted by atomic mass is 32.2. The Balaban J connectivity index is 1.43. The van der Waals surface area contributed by atoms with Gasteiger partial charge in [0.1, 0.15) is 0 Å². The van der Waals surface area contributed by atoms with Crippen LogP contribution in [0.25, 0.3) is 0 Å². The van der Waals surface area contributed by atoms with Crippen LogP contribution < -0.4 is 16.5 Å². The summed E-state index contributed by atoms with van der Waals surface area (Å²) in [6.45, 7) is 0.437. The molecule has 0 aromatic heterocycles. The lowest BCUT2D eigenvalue weighted by atomic mass is 10.1. The number of nitrogens with two attached hydrogens (primary N) is 1. The number of carbonyl (C=O) groups excluding carboxylic acids is 2. The summed E-state index contributed by atoms with van der Waals surface area (Å²) in [7, 11) is 0. The van der Waals surface area contributed by atoms with E-state index < -0.39 is 5.91 Å². The Labute approximate surface area is 160 Å². The minimum absolute atomic E-state index is 0.0232. The molecule has 4 rings (SSSR count). The molecule has 0 bridgehead atoms. The number of primary amides is 1. The third-order valence-electron chi connectivity index (χ3n) is 4.32. The van der Waals surface area contributed by atoms with E-state index in [2.05, 4.69) is 20.8 Å². The van der Waals surface area contributed by atoms with Crippen LogP contribution >= 0.6 is 11.8 Å². The van der Waals surface area contributed by atoms with Gasteiger partial charge in [-0.3, -0.25) is 20.0 Å². The summed E-state index contributed by atoms with van der Waals surface area (Å²) in [6.07, 6.45) is 0.433. The minimum atomic E-state index is -0.450. The number of nitrogens with one attached hydrogen (secondary N) is 2. The highest BCUT2D eigenvalue weighted by Gasteiger charge is 2.20. The van der Waals surface area contributed by atoms with Gasteiger partial charge in [-0.1, -0.05) is 36.0 Å². The number of amides is 2. The lowest BCUT2D eigenvalue weighted by Gasteiger charge is -2.15. The molecule has 0 unspecified atom stereocenters. The van der Waals surface area contributed by atoms with Crippen LogP contribution in [-0.4, -0.2) is 28.4 Å². The zero-order valence-electron chi connectivity index (χ0n) is 14.4. The molecular formula is C19H17N5O2S. The first kappa shape index (κ1) is 17.3. The molecule has 2 aliphatic heterocycles. The molecule has 2 aromatic rings. The van der Waals surface area contributed by atoms with Gasteiger partial charge >= 0.3 is 0 Å². The summed E-state index contributed by atoms with van der Waals surface area (Å²) in [5.74, 6) is 0.254. The summed E-state index contributed by atoms with van der Waals surface area (Å²) < 4.78 is 0. The van der Waals surface area contributed by atoms with Gasteiger partial charge in [0.2, 0.25) is 11.8 Å². The Hall–Kier alpha value is -3.13. The van der Waals surface area contributed by atoms with Crippen molar-refractivity contribution in [2.24, 2.45) is 15.8 Å². The maximum Gasteiger partial charge on any atom is 0.248 e. The molecule has 0 radical (unpaired) electrons. The van der Waals surface area contributed by atoms with Gasteiger partial charge in [0.25, 0.3) is 0 Å². The summed E-state index contributed by atoms with van der Waals surface area (Å²) in [5, 5.41) is 7.99. The molecule has 8 heteroatoms. The van der Waals surface area contributed by atoms with Gasteiger partial charge in [0, 0.05) is 22.6 Å². The van der Waals surface area contributed by atoms with Gasteiger partial charge in [-0.2, -0.15) is 5.10 Å². The van der Waals surface area contributed by atoms with Crippen molar-refractivity contribution in [2.45, 2.75) is 13.0 Å². The highest BCUT2D eigenvalue weighted by Crippen LogP contribution is 2.25. The fourth-order valence-electron chi connectivity index (χ4n) is 2.93. The van der Waals surface area contributed by atoms with E-state index in [1.807, 2.05) is 24.3 Å². The minimum Gasteiger partial charge on any atom is -0.366 e. The normalized spacial score (nSPS) is 17.1. The molecule has 2 aliphatic rings. The maximum absolute atomic E-state index is 11.5. The summed E-state index contributed by atoms with van der Waals surface area (Å²) in [5.41, 5.74) is 13.4. The second-order valence-electron chi connectivity index (χ2n) is 6.24. The number of hydrazone groups is 1. The fourth-order valence-corrected chi connectivity index (χ4v) is 3.70. The average molecular weight is 379 g/mol. The van der Waals surface area contributed by atoms with E-state index in [1.165, 1.54) is 0 Å². The third kappa shape index (κ3) is 3.85. The van der Waals surface area contributed by atoms with Crippen molar-refractivity contribution in [1.82, 2.24) is 5.43 Å². The largest absolute Gasteiger partial charge is 0.366 e. The van der Waals surface area contributed by atoms with Crippen molar-refractivity contribution in [1.29, 1.82) is 0 Å².